The molecular formula is C21H34N2. The number of benzene rings is 1. The van der Waals surface area contributed by atoms with Crippen LogP contribution in [0.5, 0.6) is 0 Å². The Balaban J connectivity index is 1.57. The Morgan fingerprint density at radius 2 is 1.83 bits per heavy atom. The predicted octanol–water partition coefficient (Wildman–Crippen LogP) is 4.60. The second kappa shape index (κ2) is 8.84. The summed E-state index contributed by atoms with van der Waals surface area (Å²) in [6.45, 7) is 5.97. The zero-order valence-electron chi connectivity index (χ0n) is 14.8. The van der Waals surface area contributed by atoms with Crippen LogP contribution in [-0.4, -0.2) is 30.1 Å². The van der Waals surface area contributed by atoms with Crippen LogP contribution in [0, 0.1) is 5.92 Å². The summed E-state index contributed by atoms with van der Waals surface area (Å²) in [5, 5.41) is 3.85. The molecule has 2 atom stereocenters. The van der Waals surface area contributed by atoms with Crippen molar-refractivity contribution in [2.45, 2.75) is 76.9 Å². The van der Waals surface area contributed by atoms with E-state index in [4.69, 9.17) is 0 Å². The Bertz CT molecular complexity index is 438. The number of rotatable bonds is 6. The van der Waals surface area contributed by atoms with Gasteiger partial charge in [0.15, 0.2) is 0 Å². The Hall–Kier alpha value is -0.860. The normalized spacial score (nSPS) is 27.2. The molecule has 0 spiro atoms. The van der Waals surface area contributed by atoms with E-state index in [0.717, 1.165) is 18.5 Å². The minimum absolute atomic E-state index is 0.669. The molecule has 1 saturated heterocycles. The van der Waals surface area contributed by atoms with Crippen molar-refractivity contribution < 1.29 is 0 Å². The van der Waals surface area contributed by atoms with Crippen molar-refractivity contribution in [1.29, 1.82) is 0 Å². The van der Waals surface area contributed by atoms with Gasteiger partial charge in [-0.3, -0.25) is 4.90 Å². The number of hydrogen-bond acceptors (Lipinski definition) is 2. The third-order valence-electron chi connectivity index (χ3n) is 5.79. The van der Waals surface area contributed by atoms with Crippen molar-refractivity contribution >= 4 is 0 Å². The van der Waals surface area contributed by atoms with Gasteiger partial charge in [0.2, 0.25) is 0 Å². The molecule has 0 radical (unpaired) electrons. The SMILES string of the molecule is CCCC1CC(NCc2ccccc2)CN(C2CCCCC2)C1. The topological polar surface area (TPSA) is 15.3 Å². The van der Waals surface area contributed by atoms with Crippen molar-refractivity contribution in [2.75, 3.05) is 13.1 Å². The third kappa shape index (κ3) is 5.06. The molecule has 1 aliphatic carbocycles. The van der Waals surface area contributed by atoms with Crippen molar-refractivity contribution in [3.8, 4) is 0 Å². The highest BCUT2D eigenvalue weighted by atomic mass is 15.2. The number of piperidine rings is 1. The first-order chi connectivity index (χ1) is 11.3. The summed E-state index contributed by atoms with van der Waals surface area (Å²) in [5.41, 5.74) is 1.41. The molecule has 2 fully saturated rings. The summed E-state index contributed by atoms with van der Waals surface area (Å²) in [7, 11) is 0. The molecule has 1 aromatic carbocycles. The molecule has 128 valence electrons. The van der Waals surface area contributed by atoms with Crippen molar-refractivity contribution in [1.82, 2.24) is 10.2 Å². The van der Waals surface area contributed by atoms with Crippen molar-refractivity contribution in [3.05, 3.63) is 35.9 Å². The Labute approximate surface area is 142 Å². The largest absolute Gasteiger partial charge is 0.309 e. The van der Waals surface area contributed by atoms with Gasteiger partial charge in [-0.15, -0.1) is 0 Å². The van der Waals surface area contributed by atoms with Crippen molar-refractivity contribution in [2.24, 2.45) is 5.92 Å². The van der Waals surface area contributed by atoms with Gasteiger partial charge in [0.05, 0.1) is 0 Å². The first kappa shape index (κ1) is 17.0. The molecule has 1 aliphatic heterocycles. The van der Waals surface area contributed by atoms with Gasteiger partial charge >= 0.3 is 0 Å². The average molecular weight is 315 g/mol. The number of nitrogens with one attached hydrogen (secondary N) is 1. The molecule has 1 saturated carbocycles. The summed E-state index contributed by atoms with van der Waals surface area (Å²) in [5.74, 6) is 0.893. The highest BCUT2D eigenvalue weighted by Crippen LogP contribution is 2.29. The van der Waals surface area contributed by atoms with E-state index in [1.54, 1.807) is 0 Å². The van der Waals surface area contributed by atoms with E-state index in [9.17, 15) is 0 Å². The number of hydrogen-bond donors (Lipinski definition) is 1. The molecular weight excluding hydrogens is 280 g/mol. The van der Waals surface area contributed by atoms with Gasteiger partial charge in [0.25, 0.3) is 0 Å². The second-order valence-corrected chi connectivity index (χ2v) is 7.70. The molecule has 1 N–H and O–H groups in total. The van der Waals surface area contributed by atoms with E-state index in [2.05, 4.69) is 47.5 Å². The monoisotopic (exact) mass is 314 g/mol. The van der Waals surface area contributed by atoms with Crippen LogP contribution in [0.15, 0.2) is 30.3 Å². The standard InChI is InChI=1S/C21H34N2/c1-2-9-19-14-20(22-15-18-10-5-3-6-11-18)17-23(16-19)21-12-7-4-8-13-21/h3,5-6,10-11,19-22H,2,4,7-9,12-17H2,1H3. The lowest BCUT2D eigenvalue weighted by molar-refractivity contribution is 0.0739. The maximum atomic E-state index is 3.85. The summed E-state index contributed by atoms with van der Waals surface area (Å²) in [4.78, 5) is 2.84. The van der Waals surface area contributed by atoms with Gasteiger partial charge < -0.3 is 5.32 Å². The molecule has 1 aromatic rings. The molecule has 0 aromatic heterocycles. The van der Waals surface area contributed by atoms with Gasteiger partial charge in [0.1, 0.15) is 0 Å². The van der Waals surface area contributed by atoms with Crippen LogP contribution in [0.1, 0.15) is 63.9 Å². The average Bonchev–Trinajstić information content (AvgIpc) is 2.62. The van der Waals surface area contributed by atoms with Crippen molar-refractivity contribution in [3.63, 3.8) is 0 Å². The molecule has 3 rings (SSSR count). The molecule has 2 aliphatic rings. The highest BCUT2D eigenvalue weighted by molar-refractivity contribution is 5.14. The van der Waals surface area contributed by atoms with E-state index in [-0.39, 0.29) is 0 Å². The lowest BCUT2D eigenvalue weighted by Crippen LogP contribution is -2.52. The quantitative estimate of drug-likeness (QED) is 0.825. The lowest BCUT2D eigenvalue weighted by Gasteiger charge is -2.43. The molecule has 0 amide bonds. The predicted molar refractivity (Wildman–Crippen MR) is 98.5 cm³/mol. The molecule has 2 heteroatoms. The Morgan fingerprint density at radius 1 is 1.04 bits per heavy atom. The fourth-order valence-corrected chi connectivity index (χ4v) is 4.61. The first-order valence-electron chi connectivity index (χ1n) is 9.86. The number of likely N-dealkylation sites (tertiary alicyclic amines) is 1. The van der Waals surface area contributed by atoms with Crippen LogP contribution in [0.25, 0.3) is 0 Å². The van der Waals surface area contributed by atoms with Crippen LogP contribution >= 0.6 is 0 Å². The van der Waals surface area contributed by atoms with Gasteiger partial charge in [-0.1, -0.05) is 62.9 Å². The minimum atomic E-state index is 0.669. The minimum Gasteiger partial charge on any atom is -0.309 e. The highest BCUT2D eigenvalue weighted by Gasteiger charge is 2.31. The third-order valence-corrected chi connectivity index (χ3v) is 5.79. The fourth-order valence-electron chi connectivity index (χ4n) is 4.61. The van der Waals surface area contributed by atoms with E-state index in [1.165, 1.54) is 70.0 Å². The maximum Gasteiger partial charge on any atom is 0.0208 e. The van der Waals surface area contributed by atoms with E-state index in [1.807, 2.05) is 0 Å². The zero-order chi connectivity index (χ0) is 15.9. The summed E-state index contributed by atoms with van der Waals surface area (Å²) in [6.07, 6.45) is 11.3. The molecule has 1 heterocycles. The van der Waals surface area contributed by atoms with Crippen LogP contribution in [0.4, 0.5) is 0 Å². The molecule has 23 heavy (non-hydrogen) atoms. The van der Waals surface area contributed by atoms with Gasteiger partial charge in [-0.2, -0.15) is 0 Å². The second-order valence-electron chi connectivity index (χ2n) is 7.70. The van der Waals surface area contributed by atoms with Gasteiger partial charge in [-0.25, -0.2) is 0 Å². The van der Waals surface area contributed by atoms with Crippen LogP contribution < -0.4 is 5.32 Å². The first-order valence-corrected chi connectivity index (χ1v) is 9.86. The summed E-state index contributed by atoms with van der Waals surface area (Å²) < 4.78 is 0. The molecule has 0 bridgehead atoms. The molecule has 2 nitrogen and oxygen atoms in total. The smallest absolute Gasteiger partial charge is 0.0208 e. The van der Waals surface area contributed by atoms with Gasteiger partial charge in [-0.05, 0) is 37.2 Å². The maximum absolute atomic E-state index is 3.85. The van der Waals surface area contributed by atoms with Crippen LogP contribution in [-0.2, 0) is 6.54 Å². The Morgan fingerprint density at radius 3 is 2.57 bits per heavy atom. The lowest BCUT2D eigenvalue weighted by atomic mass is 9.86. The van der Waals surface area contributed by atoms with Crippen LogP contribution in [0.3, 0.4) is 0 Å². The zero-order valence-corrected chi connectivity index (χ0v) is 14.8. The number of nitrogens with zero attached hydrogens (tertiary/aromatic N) is 1. The van der Waals surface area contributed by atoms with Crippen LogP contribution in [0.2, 0.25) is 0 Å². The summed E-state index contributed by atoms with van der Waals surface area (Å²) in [6, 6.07) is 12.4. The Kier molecular flexibility index (Phi) is 6.53. The van der Waals surface area contributed by atoms with E-state index >= 15 is 0 Å². The van der Waals surface area contributed by atoms with Gasteiger partial charge in [0, 0.05) is 31.7 Å². The van der Waals surface area contributed by atoms with E-state index in [0.29, 0.717) is 6.04 Å². The summed E-state index contributed by atoms with van der Waals surface area (Å²) >= 11 is 0. The molecule has 2 unspecified atom stereocenters. The van der Waals surface area contributed by atoms with E-state index < -0.39 is 0 Å². The fraction of sp³-hybridized carbons (Fsp3) is 0.714.